The Morgan fingerprint density at radius 1 is 1.17 bits per heavy atom. The fraction of sp³-hybridized carbons (Fsp3) is 0.235. The number of aromatic nitrogens is 3. The van der Waals surface area contributed by atoms with Crippen molar-refractivity contribution in [2.75, 3.05) is 5.32 Å². The second-order valence-corrected chi connectivity index (χ2v) is 6.50. The number of para-hydroxylation sites is 1. The molecule has 0 saturated carbocycles. The zero-order valence-electron chi connectivity index (χ0n) is 13.5. The van der Waals surface area contributed by atoms with Crippen LogP contribution in [0.15, 0.2) is 30.3 Å². The lowest BCUT2D eigenvalue weighted by Crippen LogP contribution is -2.12. The third-order valence-electron chi connectivity index (χ3n) is 3.58. The molecule has 1 amide bonds. The predicted octanol–water partition coefficient (Wildman–Crippen LogP) is 3.81. The first kappa shape index (κ1) is 15.4. The van der Waals surface area contributed by atoms with Gasteiger partial charge in [-0.1, -0.05) is 29.5 Å². The molecule has 6 heteroatoms. The minimum absolute atomic E-state index is 0.137. The lowest BCUT2D eigenvalue weighted by molar-refractivity contribution is 0.102. The van der Waals surface area contributed by atoms with Gasteiger partial charge in [0.1, 0.15) is 4.88 Å². The van der Waals surface area contributed by atoms with E-state index in [9.17, 15) is 4.79 Å². The molecule has 1 aromatic carbocycles. The highest BCUT2D eigenvalue weighted by molar-refractivity contribution is 7.16. The first-order valence-corrected chi connectivity index (χ1v) is 8.15. The third-order valence-corrected chi connectivity index (χ3v) is 4.71. The molecule has 3 rings (SSSR count). The third kappa shape index (κ3) is 3.03. The van der Waals surface area contributed by atoms with Crippen LogP contribution in [0, 0.1) is 27.7 Å². The first-order valence-electron chi connectivity index (χ1n) is 7.34. The van der Waals surface area contributed by atoms with Crippen molar-refractivity contribution < 1.29 is 4.79 Å². The van der Waals surface area contributed by atoms with Gasteiger partial charge in [0.25, 0.3) is 5.91 Å². The molecule has 118 valence electrons. The zero-order valence-corrected chi connectivity index (χ0v) is 14.4. The van der Waals surface area contributed by atoms with Gasteiger partial charge < -0.3 is 5.32 Å². The van der Waals surface area contributed by atoms with E-state index in [1.165, 1.54) is 11.3 Å². The fourth-order valence-electron chi connectivity index (χ4n) is 2.40. The summed E-state index contributed by atoms with van der Waals surface area (Å²) in [6.07, 6.45) is 0. The average molecular weight is 326 g/mol. The molecule has 0 unspecified atom stereocenters. The number of amides is 1. The summed E-state index contributed by atoms with van der Waals surface area (Å²) in [6, 6.07) is 9.71. The monoisotopic (exact) mass is 326 g/mol. The zero-order chi connectivity index (χ0) is 16.6. The summed E-state index contributed by atoms with van der Waals surface area (Å²) in [7, 11) is 0. The number of aryl methyl sites for hydroxylation is 4. The van der Waals surface area contributed by atoms with Crippen molar-refractivity contribution in [1.82, 2.24) is 14.8 Å². The van der Waals surface area contributed by atoms with Gasteiger partial charge in [-0.15, -0.1) is 0 Å². The Hall–Kier alpha value is -2.47. The van der Waals surface area contributed by atoms with Gasteiger partial charge in [0.05, 0.1) is 11.4 Å². The maximum atomic E-state index is 12.6. The van der Waals surface area contributed by atoms with Gasteiger partial charge in [0, 0.05) is 11.4 Å². The molecule has 0 aliphatic heterocycles. The second-order valence-electron chi connectivity index (χ2n) is 5.52. The Bertz CT molecular complexity index is 879. The number of carbonyl (C=O) groups excluding carboxylic acids is 1. The summed E-state index contributed by atoms with van der Waals surface area (Å²) in [4.78, 5) is 17.7. The molecule has 5 nitrogen and oxygen atoms in total. The number of anilines is 1. The fourth-order valence-corrected chi connectivity index (χ4v) is 3.37. The molecule has 0 spiro atoms. The van der Waals surface area contributed by atoms with E-state index in [0.717, 1.165) is 22.6 Å². The molecule has 0 radical (unpaired) electrons. The van der Waals surface area contributed by atoms with E-state index in [0.29, 0.717) is 15.7 Å². The molecule has 0 aliphatic rings. The molecular formula is C17H18N4OS. The minimum atomic E-state index is -0.137. The number of hydrogen-bond acceptors (Lipinski definition) is 4. The lowest BCUT2D eigenvalue weighted by Gasteiger charge is -2.06. The Kier molecular flexibility index (Phi) is 4.00. The quantitative estimate of drug-likeness (QED) is 0.796. The Morgan fingerprint density at radius 2 is 1.91 bits per heavy atom. The van der Waals surface area contributed by atoms with Gasteiger partial charge in [-0.2, -0.15) is 5.10 Å². The van der Waals surface area contributed by atoms with E-state index in [1.807, 2.05) is 58.0 Å². The molecule has 0 bridgehead atoms. The van der Waals surface area contributed by atoms with Gasteiger partial charge in [-0.3, -0.25) is 4.79 Å². The number of carbonyl (C=O) groups is 1. The van der Waals surface area contributed by atoms with Crippen LogP contribution in [-0.2, 0) is 0 Å². The van der Waals surface area contributed by atoms with Crippen molar-refractivity contribution in [3.8, 4) is 5.13 Å². The highest BCUT2D eigenvalue weighted by Gasteiger charge is 2.18. The molecule has 0 atom stereocenters. The number of thiazole rings is 1. The molecule has 0 saturated heterocycles. The van der Waals surface area contributed by atoms with E-state index in [-0.39, 0.29) is 5.91 Å². The maximum Gasteiger partial charge on any atom is 0.267 e. The van der Waals surface area contributed by atoms with Crippen molar-refractivity contribution >= 4 is 22.9 Å². The van der Waals surface area contributed by atoms with E-state index >= 15 is 0 Å². The van der Waals surface area contributed by atoms with Gasteiger partial charge in [-0.25, -0.2) is 9.67 Å². The lowest BCUT2D eigenvalue weighted by atomic mass is 10.2. The number of hydrogen-bond donors (Lipinski definition) is 1. The van der Waals surface area contributed by atoms with Crippen LogP contribution in [0.3, 0.4) is 0 Å². The standard InChI is InChI=1S/C17H18N4OS/c1-10-7-5-6-8-14(10)19-16(22)15-13(4)18-17(23-15)21-12(3)9-11(2)20-21/h5-9H,1-4H3,(H,19,22). The number of benzene rings is 1. The smallest absolute Gasteiger partial charge is 0.267 e. The van der Waals surface area contributed by atoms with Gasteiger partial charge in [0.2, 0.25) is 5.13 Å². The van der Waals surface area contributed by atoms with Crippen molar-refractivity contribution in [3.63, 3.8) is 0 Å². The van der Waals surface area contributed by atoms with Crippen molar-refractivity contribution in [2.24, 2.45) is 0 Å². The first-order chi connectivity index (χ1) is 11.0. The minimum Gasteiger partial charge on any atom is -0.321 e. The summed E-state index contributed by atoms with van der Waals surface area (Å²) in [5.74, 6) is -0.137. The van der Waals surface area contributed by atoms with Crippen LogP contribution < -0.4 is 5.32 Å². The van der Waals surface area contributed by atoms with Gasteiger partial charge in [0.15, 0.2) is 0 Å². The highest BCUT2D eigenvalue weighted by Crippen LogP contribution is 2.24. The molecule has 2 aromatic heterocycles. The van der Waals surface area contributed by atoms with E-state index in [2.05, 4.69) is 15.4 Å². The van der Waals surface area contributed by atoms with E-state index < -0.39 is 0 Å². The van der Waals surface area contributed by atoms with Crippen molar-refractivity contribution in [1.29, 1.82) is 0 Å². The molecule has 0 aliphatic carbocycles. The van der Waals surface area contributed by atoms with Gasteiger partial charge in [-0.05, 0) is 45.4 Å². The predicted molar refractivity (Wildman–Crippen MR) is 92.6 cm³/mol. The Morgan fingerprint density at radius 3 is 2.57 bits per heavy atom. The molecular weight excluding hydrogens is 308 g/mol. The highest BCUT2D eigenvalue weighted by atomic mass is 32.1. The number of rotatable bonds is 3. The Labute approximate surface area is 139 Å². The topological polar surface area (TPSA) is 59.8 Å². The molecule has 0 fully saturated rings. The van der Waals surface area contributed by atoms with Crippen LogP contribution in [0.2, 0.25) is 0 Å². The molecule has 1 N–H and O–H groups in total. The Balaban J connectivity index is 1.90. The van der Waals surface area contributed by atoms with Crippen LogP contribution >= 0.6 is 11.3 Å². The molecule has 2 heterocycles. The normalized spacial score (nSPS) is 10.8. The largest absolute Gasteiger partial charge is 0.321 e. The summed E-state index contributed by atoms with van der Waals surface area (Å²) < 4.78 is 1.78. The van der Waals surface area contributed by atoms with Crippen LogP contribution in [0.25, 0.3) is 5.13 Å². The van der Waals surface area contributed by atoms with Crippen LogP contribution in [0.5, 0.6) is 0 Å². The summed E-state index contributed by atoms with van der Waals surface area (Å²) in [6.45, 7) is 7.73. The second kappa shape index (κ2) is 5.96. The van der Waals surface area contributed by atoms with Crippen LogP contribution in [0.1, 0.15) is 32.3 Å². The summed E-state index contributed by atoms with van der Waals surface area (Å²) >= 11 is 1.35. The average Bonchev–Trinajstić information content (AvgIpc) is 3.03. The van der Waals surface area contributed by atoms with Crippen LogP contribution in [0.4, 0.5) is 5.69 Å². The van der Waals surface area contributed by atoms with Crippen LogP contribution in [-0.4, -0.2) is 20.7 Å². The maximum absolute atomic E-state index is 12.6. The number of nitrogens with one attached hydrogen (secondary N) is 1. The number of nitrogens with zero attached hydrogens (tertiary/aromatic N) is 3. The van der Waals surface area contributed by atoms with Crippen molar-refractivity contribution in [2.45, 2.75) is 27.7 Å². The summed E-state index contributed by atoms with van der Waals surface area (Å²) in [5.41, 5.74) is 4.49. The van der Waals surface area contributed by atoms with E-state index in [1.54, 1.807) is 4.68 Å². The van der Waals surface area contributed by atoms with E-state index in [4.69, 9.17) is 0 Å². The SMILES string of the molecule is Cc1cc(C)n(-c2nc(C)c(C(=O)Nc3ccccc3C)s2)n1. The molecule has 23 heavy (non-hydrogen) atoms. The van der Waals surface area contributed by atoms with Crippen molar-refractivity contribution in [3.05, 3.63) is 57.9 Å². The van der Waals surface area contributed by atoms with Gasteiger partial charge >= 0.3 is 0 Å². The summed E-state index contributed by atoms with van der Waals surface area (Å²) in [5, 5.41) is 8.09. The molecule has 3 aromatic rings.